The van der Waals surface area contributed by atoms with Gasteiger partial charge in [-0.25, -0.2) is 13.1 Å². The number of nitrogens with one attached hydrogen (secondary N) is 2. The van der Waals surface area contributed by atoms with Crippen molar-refractivity contribution in [1.82, 2.24) is 10.0 Å². The first-order valence-electron chi connectivity index (χ1n) is 7.52. The van der Waals surface area contributed by atoms with Gasteiger partial charge in [0.25, 0.3) is 0 Å². The zero-order valence-electron chi connectivity index (χ0n) is 13.4. The molecule has 2 rings (SSSR count). The van der Waals surface area contributed by atoms with Crippen LogP contribution < -0.4 is 10.0 Å². The third-order valence-corrected chi connectivity index (χ3v) is 6.08. The third-order valence-electron chi connectivity index (χ3n) is 4.54. The van der Waals surface area contributed by atoms with Crippen LogP contribution in [0.5, 0.6) is 0 Å². The predicted octanol–water partition coefficient (Wildman–Crippen LogP) is 2.49. The lowest BCUT2D eigenvalue weighted by Gasteiger charge is -2.38. The zero-order chi connectivity index (χ0) is 15.7. The van der Waals surface area contributed by atoms with Gasteiger partial charge in [0.15, 0.2) is 0 Å². The average Bonchev–Trinajstić information content (AvgIpc) is 2.37. The van der Waals surface area contributed by atoms with Gasteiger partial charge in [0.05, 0.1) is 4.90 Å². The Balaban J connectivity index is 2.24. The summed E-state index contributed by atoms with van der Waals surface area (Å²) in [7, 11) is -1.57. The van der Waals surface area contributed by atoms with E-state index in [1.54, 1.807) is 6.07 Å². The molecule has 0 heterocycles. The van der Waals surface area contributed by atoms with Crippen LogP contribution in [0.25, 0.3) is 0 Å². The van der Waals surface area contributed by atoms with E-state index in [0.717, 1.165) is 29.5 Å². The molecule has 1 aliphatic carbocycles. The van der Waals surface area contributed by atoms with Crippen LogP contribution in [-0.2, 0) is 16.6 Å². The smallest absolute Gasteiger partial charge is 0.240 e. The van der Waals surface area contributed by atoms with Crippen molar-refractivity contribution >= 4 is 10.0 Å². The molecule has 4 nitrogen and oxygen atoms in total. The van der Waals surface area contributed by atoms with E-state index in [9.17, 15) is 8.42 Å². The number of hydrogen-bond donors (Lipinski definition) is 2. The maximum atomic E-state index is 12.6. The number of rotatable bonds is 6. The lowest BCUT2D eigenvalue weighted by atomic mass is 9.71. The van der Waals surface area contributed by atoms with Gasteiger partial charge in [-0.05, 0) is 61.9 Å². The summed E-state index contributed by atoms with van der Waals surface area (Å²) in [6.07, 6.45) is 3.41. The number of hydrogen-bond acceptors (Lipinski definition) is 3. The molecule has 118 valence electrons. The molecule has 1 saturated carbocycles. The topological polar surface area (TPSA) is 58.2 Å². The Bertz CT molecular complexity index is 619. The van der Waals surface area contributed by atoms with Gasteiger partial charge < -0.3 is 5.32 Å². The first kappa shape index (κ1) is 16.5. The molecule has 2 N–H and O–H groups in total. The van der Waals surface area contributed by atoms with E-state index in [4.69, 9.17) is 0 Å². The highest BCUT2D eigenvalue weighted by Gasteiger charge is 2.33. The largest absolute Gasteiger partial charge is 0.316 e. The summed E-state index contributed by atoms with van der Waals surface area (Å²) in [4.78, 5) is 0.404. The van der Waals surface area contributed by atoms with Crippen molar-refractivity contribution in [3.63, 3.8) is 0 Å². The molecule has 0 atom stereocenters. The van der Waals surface area contributed by atoms with Crippen molar-refractivity contribution in [2.75, 3.05) is 13.6 Å². The van der Waals surface area contributed by atoms with Crippen LogP contribution >= 0.6 is 0 Å². The summed E-state index contributed by atoms with van der Waals surface area (Å²) in [5.74, 6) is 0. The molecule has 21 heavy (non-hydrogen) atoms. The fourth-order valence-electron chi connectivity index (χ4n) is 2.85. The quantitative estimate of drug-likeness (QED) is 0.849. The van der Waals surface area contributed by atoms with Crippen LogP contribution in [0, 0.1) is 19.3 Å². The molecule has 1 aromatic carbocycles. The zero-order valence-corrected chi connectivity index (χ0v) is 14.2. The second-order valence-corrected chi connectivity index (χ2v) is 8.30. The number of aryl methyl sites for hydroxylation is 2. The first-order valence-corrected chi connectivity index (χ1v) is 9.00. The molecule has 0 spiro atoms. The van der Waals surface area contributed by atoms with E-state index in [2.05, 4.69) is 17.0 Å². The summed E-state index contributed by atoms with van der Waals surface area (Å²) < 4.78 is 28.0. The van der Waals surface area contributed by atoms with E-state index in [-0.39, 0.29) is 5.41 Å². The summed E-state index contributed by atoms with van der Waals surface area (Å²) in [6.45, 7) is 7.22. The molecular formula is C16H26N2O2S. The number of sulfonamides is 1. The minimum absolute atomic E-state index is 0.138. The van der Waals surface area contributed by atoms with Crippen molar-refractivity contribution in [2.45, 2.75) is 51.5 Å². The van der Waals surface area contributed by atoms with Crippen LogP contribution in [0.1, 0.15) is 42.9 Å². The Labute approximate surface area is 128 Å². The van der Waals surface area contributed by atoms with Crippen LogP contribution in [0.2, 0.25) is 0 Å². The Morgan fingerprint density at radius 1 is 1.19 bits per heavy atom. The van der Waals surface area contributed by atoms with Gasteiger partial charge in [-0.15, -0.1) is 0 Å². The summed E-state index contributed by atoms with van der Waals surface area (Å²) in [5, 5.41) is 3.08. The molecule has 0 radical (unpaired) electrons. The molecule has 1 fully saturated rings. The normalized spacial score (nSPS) is 17.5. The molecule has 0 amide bonds. The molecule has 1 aromatic rings. The van der Waals surface area contributed by atoms with Crippen LogP contribution in [-0.4, -0.2) is 22.0 Å². The Morgan fingerprint density at radius 2 is 1.86 bits per heavy atom. The van der Waals surface area contributed by atoms with Crippen molar-refractivity contribution in [1.29, 1.82) is 0 Å². The number of benzene rings is 1. The van der Waals surface area contributed by atoms with Gasteiger partial charge in [0, 0.05) is 13.1 Å². The third kappa shape index (κ3) is 3.65. The molecule has 1 aliphatic rings. The van der Waals surface area contributed by atoms with Gasteiger partial charge in [0.1, 0.15) is 0 Å². The molecule has 0 unspecified atom stereocenters. The Hall–Kier alpha value is -0.910. The monoisotopic (exact) mass is 310 g/mol. The van der Waals surface area contributed by atoms with Crippen molar-refractivity contribution < 1.29 is 8.42 Å². The SMILES string of the molecule is CNCc1cc(S(=O)(=O)NCC2(C)CCC2)c(C)cc1C. The lowest BCUT2D eigenvalue weighted by Crippen LogP contribution is -2.40. The maximum Gasteiger partial charge on any atom is 0.240 e. The standard InChI is InChI=1S/C16H26N2O2S/c1-12-8-13(2)15(9-14(12)10-17-4)21(19,20)18-11-16(3)6-5-7-16/h8-9,17-18H,5-7,10-11H2,1-4H3. The van der Waals surface area contributed by atoms with E-state index in [0.29, 0.717) is 18.0 Å². The Kier molecular flexibility index (Phi) is 4.76. The predicted molar refractivity (Wildman–Crippen MR) is 85.8 cm³/mol. The van der Waals surface area contributed by atoms with E-state index in [1.165, 1.54) is 6.42 Å². The fourth-order valence-corrected chi connectivity index (χ4v) is 4.32. The van der Waals surface area contributed by atoms with E-state index >= 15 is 0 Å². The summed E-state index contributed by atoms with van der Waals surface area (Å²) in [6, 6.07) is 3.75. The minimum Gasteiger partial charge on any atom is -0.316 e. The van der Waals surface area contributed by atoms with Crippen molar-refractivity contribution in [3.05, 3.63) is 28.8 Å². The highest BCUT2D eigenvalue weighted by atomic mass is 32.2. The second-order valence-electron chi connectivity index (χ2n) is 6.56. The molecule has 0 aromatic heterocycles. The molecule has 0 aliphatic heterocycles. The van der Waals surface area contributed by atoms with E-state index < -0.39 is 10.0 Å². The van der Waals surface area contributed by atoms with Crippen LogP contribution in [0.15, 0.2) is 17.0 Å². The lowest BCUT2D eigenvalue weighted by molar-refractivity contribution is 0.166. The average molecular weight is 310 g/mol. The fraction of sp³-hybridized carbons (Fsp3) is 0.625. The van der Waals surface area contributed by atoms with Gasteiger partial charge >= 0.3 is 0 Å². The van der Waals surface area contributed by atoms with Crippen molar-refractivity contribution in [2.24, 2.45) is 5.41 Å². The molecular weight excluding hydrogens is 284 g/mol. The molecule has 0 saturated heterocycles. The van der Waals surface area contributed by atoms with Gasteiger partial charge in [0.2, 0.25) is 10.0 Å². The molecule has 5 heteroatoms. The van der Waals surface area contributed by atoms with Crippen molar-refractivity contribution in [3.8, 4) is 0 Å². The van der Waals surface area contributed by atoms with E-state index in [1.807, 2.05) is 27.0 Å². The molecule has 0 bridgehead atoms. The maximum absolute atomic E-state index is 12.6. The van der Waals surface area contributed by atoms with Gasteiger partial charge in [-0.3, -0.25) is 0 Å². The van der Waals surface area contributed by atoms with Gasteiger partial charge in [-0.2, -0.15) is 0 Å². The summed E-state index contributed by atoms with van der Waals surface area (Å²) >= 11 is 0. The second kappa shape index (κ2) is 6.07. The Morgan fingerprint density at radius 3 is 2.38 bits per heavy atom. The minimum atomic E-state index is -3.44. The van der Waals surface area contributed by atoms with Crippen LogP contribution in [0.3, 0.4) is 0 Å². The highest BCUT2D eigenvalue weighted by Crippen LogP contribution is 2.39. The first-order chi connectivity index (χ1) is 9.77. The highest BCUT2D eigenvalue weighted by molar-refractivity contribution is 7.89. The van der Waals surface area contributed by atoms with Crippen LogP contribution in [0.4, 0.5) is 0 Å². The van der Waals surface area contributed by atoms with Gasteiger partial charge in [-0.1, -0.05) is 19.4 Å². The summed E-state index contributed by atoms with van der Waals surface area (Å²) in [5.41, 5.74) is 3.09.